The van der Waals surface area contributed by atoms with Crippen LogP contribution in [0.1, 0.15) is 77.0 Å². The fourth-order valence-electron chi connectivity index (χ4n) is 6.00. The number of carbonyl (C=O) groups excluding carboxylic acids is 2. The van der Waals surface area contributed by atoms with Crippen molar-refractivity contribution < 1.29 is 32.7 Å². The van der Waals surface area contributed by atoms with Crippen LogP contribution in [0.3, 0.4) is 0 Å². The van der Waals surface area contributed by atoms with Crippen molar-refractivity contribution in [3.63, 3.8) is 0 Å². The highest BCUT2D eigenvalue weighted by Gasteiger charge is 2.46. The maximum absolute atomic E-state index is 12.7. The van der Waals surface area contributed by atoms with Gasteiger partial charge in [-0.15, -0.1) is 0 Å². The van der Waals surface area contributed by atoms with Crippen LogP contribution in [0.25, 0.3) is 0 Å². The van der Waals surface area contributed by atoms with Crippen LogP contribution in [0, 0.1) is 5.92 Å². The third-order valence-electron chi connectivity index (χ3n) is 7.92. The van der Waals surface area contributed by atoms with Gasteiger partial charge in [0.2, 0.25) is 11.8 Å². The zero-order valence-corrected chi connectivity index (χ0v) is 20.0. The number of carboxylic acid groups (broad SMARTS) is 1. The number of nitrogens with zero attached hydrogens (tertiary/aromatic N) is 3. The van der Waals surface area contributed by atoms with Crippen molar-refractivity contribution in [2.24, 2.45) is 5.92 Å². The molecule has 7 nitrogen and oxygen atoms in total. The van der Waals surface area contributed by atoms with Gasteiger partial charge in [0.1, 0.15) is 6.54 Å². The van der Waals surface area contributed by atoms with Gasteiger partial charge in [0.05, 0.1) is 0 Å². The number of likely N-dealkylation sites (tertiary alicyclic amines) is 3. The van der Waals surface area contributed by atoms with Crippen molar-refractivity contribution in [1.82, 2.24) is 14.7 Å². The number of aliphatic carboxylic acids is 1. The molecular formula is C24H38F3N3O4. The first kappa shape index (κ1) is 26.8. The molecule has 10 heteroatoms. The van der Waals surface area contributed by atoms with Gasteiger partial charge in [-0.2, -0.15) is 13.2 Å². The molecule has 4 aliphatic rings. The summed E-state index contributed by atoms with van der Waals surface area (Å²) in [5.41, 5.74) is -0.0478. The first-order valence-corrected chi connectivity index (χ1v) is 12.7. The highest BCUT2D eigenvalue weighted by molar-refractivity contribution is 5.87. The molecule has 0 aromatic heterocycles. The SMILES string of the molecule is O=C(CN1C(=O)CCC12CCCN(CC1CCCCC1)CC2)N1CCCC1.O=C(O)C(F)(F)F. The molecule has 1 N–H and O–H groups in total. The average molecular weight is 490 g/mol. The van der Waals surface area contributed by atoms with E-state index in [-0.39, 0.29) is 17.4 Å². The molecule has 3 aliphatic heterocycles. The van der Waals surface area contributed by atoms with E-state index in [0.717, 1.165) is 64.1 Å². The molecule has 1 unspecified atom stereocenters. The van der Waals surface area contributed by atoms with Crippen LogP contribution >= 0.6 is 0 Å². The molecule has 3 heterocycles. The Morgan fingerprint density at radius 2 is 1.56 bits per heavy atom. The number of carboxylic acids is 1. The Hall–Kier alpha value is -1.84. The Morgan fingerprint density at radius 1 is 0.912 bits per heavy atom. The van der Waals surface area contributed by atoms with Gasteiger partial charge >= 0.3 is 12.1 Å². The van der Waals surface area contributed by atoms with E-state index in [1.807, 2.05) is 9.80 Å². The Bertz CT molecular complexity index is 721. The van der Waals surface area contributed by atoms with E-state index >= 15 is 0 Å². The molecule has 0 aromatic carbocycles. The fourth-order valence-corrected chi connectivity index (χ4v) is 6.00. The van der Waals surface area contributed by atoms with Crippen LogP contribution in [0.2, 0.25) is 0 Å². The van der Waals surface area contributed by atoms with E-state index in [2.05, 4.69) is 4.90 Å². The minimum atomic E-state index is -5.08. The van der Waals surface area contributed by atoms with Crippen molar-refractivity contribution in [3.8, 4) is 0 Å². The zero-order valence-electron chi connectivity index (χ0n) is 20.0. The third kappa shape index (κ3) is 7.09. The molecular weight excluding hydrogens is 451 g/mol. The Balaban J connectivity index is 0.000000406. The Labute approximate surface area is 199 Å². The summed E-state index contributed by atoms with van der Waals surface area (Å²) in [4.78, 5) is 40.9. The van der Waals surface area contributed by atoms with Gasteiger partial charge in [-0.1, -0.05) is 19.3 Å². The first-order valence-electron chi connectivity index (χ1n) is 12.7. The smallest absolute Gasteiger partial charge is 0.475 e. The summed E-state index contributed by atoms with van der Waals surface area (Å²) >= 11 is 0. The summed E-state index contributed by atoms with van der Waals surface area (Å²) in [6.07, 6.45) is 9.05. The van der Waals surface area contributed by atoms with E-state index in [0.29, 0.717) is 13.0 Å². The normalized spacial score (nSPS) is 27.0. The van der Waals surface area contributed by atoms with Crippen molar-refractivity contribution in [1.29, 1.82) is 0 Å². The highest BCUT2D eigenvalue weighted by atomic mass is 19.4. The Morgan fingerprint density at radius 3 is 2.18 bits per heavy atom. The quantitative estimate of drug-likeness (QED) is 0.652. The monoisotopic (exact) mass is 489 g/mol. The van der Waals surface area contributed by atoms with Gasteiger partial charge in [0.15, 0.2) is 0 Å². The maximum atomic E-state index is 12.7. The fraction of sp³-hybridized carbons (Fsp3) is 0.875. The second kappa shape index (κ2) is 11.7. The number of hydrogen-bond acceptors (Lipinski definition) is 4. The van der Waals surface area contributed by atoms with Gasteiger partial charge in [0, 0.05) is 38.1 Å². The molecule has 1 saturated carbocycles. The molecule has 194 valence electrons. The number of halogens is 3. The molecule has 1 aliphatic carbocycles. The Kier molecular flexibility index (Phi) is 9.23. The van der Waals surface area contributed by atoms with Crippen LogP contribution in [0.4, 0.5) is 13.2 Å². The number of rotatable bonds is 4. The van der Waals surface area contributed by atoms with Crippen LogP contribution in [0.5, 0.6) is 0 Å². The van der Waals surface area contributed by atoms with E-state index < -0.39 is 12.1 Å². The van der Waals surface area contributed by atoms with Crippen LogP contribution in [-0.4, -0.2) is 88.6 Å². The minimum absolute atomic E-state index is 0.0478. The molecule has 34 heavy (non-hydrogen) atoms. The van der Waals surface area contributed by atoms with E-state index in [4.69, 9.17) is 9.90 Å². The summed E-state index contributed by atoms with van der Waals surface area (Å²) in [6, 6.07) is 0. The third-order valence-corrected chi connectivity index (χ3v) is 7.92. The lowest BCUT2D eigenvalue weighted by Crippen LogP contribution is -2.51. The second-order valence-corrected chi connectivity index (χ2v) is 10.3. The number of alkyl halides is 3. The molecule has 0 aromatic rings. The molecule has 1 atom stereocenters. The number of hydrogen-bond donors (Lipinski definition) is 1. The lowest BCUT2D eigenvalue weighted by molar-refractivity contribution is -0.192. The summed E-state index contributed by atoms with van der Waals surface area (Å²) in [7, 11) is 0. The molecule has 0 radical (unpaired) electrons. The molecule has 4 fully saturated rings. The van der Waals surface area contributed by atoms with E-state index in [9.17, 15) is 22.8 Å². The summed E-state index contributed by atoms with van der Waals surface area (Å²) < 4.78 is 31.7. The zero-order chi connectivity index (χ0) is 24.8. The van der Waals surface area contributed by atoms with Crippen molar-refractivity contribution >= 4 is 17.8 Å². The topological polar surface area (TPSA) is 81.2 Å². The molecule has 3 saturated heterocycles. The van der Waals surface area contributed by atoms with Crippen molar-refractivity contribution in [2.45, 2.75) is 88.8 Å². The van der Waals surface area contributed by atoms with Gasteiger partial charge in [-0.25, -0.2) is 4.79 Å². The number of carbonyl (C=O) groups is 3. The molecule has 0 bridgehead atoms. The summed E-state index contributed by atoms with van der Waals surface area (Å²) in [5.74, 6) is -1.49. The van der Waals surface area contributed by atoms with Crippen LogP contribution in [-0.2, 0) is 14.4 Å². The lowest BCUT2D eigenvalue weighted by Gasteiger charge is -2.38. The predicted molar refractivity (Wildman–Crippen MR) is 120 cm³/mol. The maximum Gasteiger partial charge on any atom is 0.490 e. The number of amides is 2. The average Bonchev–Trinajstić information content (AvgIpc) is 3.37. The van der Waals surface area contributed by atoms with Crippen LogP contribution < -0.4 is 0 Å². The highest BCUT2D eigenvalue weighted by Crippen LogP contribution is 2.39. The molecule has 1 spiro atoms. The minimum Gasteiger partial charge on any atom is -0.475 e. The van der Waals surface area contributed by atoms with Crippen molar-refractivity contribution in [3.05, 3.63) is 0 Å². The summed E-state index contributed by atoms with van der Waals surface area (Å²) in [5, 5.41) is 7.12. The predicted octanol–water partition coefficient (Wildman–Crippen LogP) is 3.67. The van der Waals surface area contributed by atoms with Gasteiger partial charge in [-0.05, 0) is 63.8 Å². The van der Waals surface area contributed by atoms with E-state index in [1.54, 1.807) is 0 Å². The molecule has 2 amide bonds. The largest absolute Gasteiger partial charge is 0.490 e. The standard InChI is InChI=1S/C22H37N3O2.C2HF3O2/c26-20-9-11-22(25(20)18-21(27)24-14-4-5-15-24)10-6-13-23(16-12-22)17-19-7-2-1-3-8-19;3-2(4,5)1(6)7/h19H,1-18H2;(H,6,7). The van der Waals surface area contributed by atoms with Gasteiger partial charge in [-0.3, -0.25) is 9.59 Å². The van der Waals surface area contributed by atoms with Gasteiger partial charge < -0.3 is 19.8 Å². The van der Waals surface area contributed by atoms with Gasteiger partial charge in [0.25, 0.3) is 0 Å². The summed E-state index contributed by atoms with van der Waals surface area (Å²) in [6.45, 7) is 5.59. The van der Waals surface area contributed by atoms with E-state index in [1.165, 1.54) is 45.2 Å². The van der Waals surface area contributed by atoms with Crippen molar-refractivity contribution in [2.75, 3.05) is 39.3 Å². The van der Waals surface area contributed by atoms with Crippen LogP contribution in [0.15, 0.2) is 0 Å². The molecule has 4 rings (SSSR count). The lowest BCUT2D eigenvalue weighted by atomic mass is 9.87. The second-order valence-electron chi connectivity index (χ2n) is 10.3. The first-order chi connectivity index (χ1) is 16.1.